The molecule has 1 fully saturated rings. The van der Waals surface area contributed by atoms with Crippen LogP contribution in [0.25, 0.3) is 0 Å². The molecule has 0 N–H and O–H groups in total. The largest absolute Gasteiger partial charge is 0.458 e. The third-order valence-electron chi connectivity index (χ3n) is 4.66. The number of carbonyl (C=O) groups excluding carboxylic acids is 2. The second-order valence-electron chi connectivity index (χ2n) is 6.19. The van der Waals surface area contributed by atoms with Gasteiger partial charge in [-0.1, -0.05) is 44.2 Å². The Balaban J connectivity index is 2.09. The highest BCUT2D eigenvalue weighted by molar-refractivity contribution is 5.78. The molecule has 0 bridgehead atoms. The van der Waals surface area contributed by atoms with E-state index in [-0.39, 0.29) is 35.7 Å². The summed E-state index contributed by atoms with van der Waals surface area (Å²) < 4.78 is 5.61. The Morgan fingerprint density at radius 2 is 1.81 bits per heavy atom. The summed E-state index contributed by atoms with van der Waals surface area (Å²) in [6.07, 6.45) is 3.71. The lowest BCUT2D eigenvalue weighted by Gasteiger charge is -2.36. The fourth-order valence-corrected chi connectivity index (χ4v) is 3.21. The molecular weight excluding hydrogens is 264 g/mol. The minimum absolute atomic E-state index is 0.170. The average Bonchev–Trinajstić information content (AvgIpc) is 2.49. The normalized spacial score (nSPS) is 30.4. The molecule has 0 spiro atoms. The number of rotatable bonds is 4. The first kappa shape index (κ1) is 15.7. The summed E-state index contributed by atoms with van der Waals surface area (Å²) in [4.78, 5) is 23.8. The van der Waals surface area contributed by atoms with E-state index in [1.165, 1.54) is 0 Å². The molecule has 1 aliphatic carbocycles. The first-order valence-corrected chi connectivity index (χ1v) is 7.67. The maximum absolute atomic E-state index is 12.5. The Morgan fingerprint density at radius 3 is 2.43 bits per heavy atom. The fraction of sp³-hybridized carbons (Fsp3) is 0.556. The topological polar surface area (TPSA) is 43.4 Å². The van der Waals surface area contributed by atoms with Crippen molar-refractivity contribution in [1.29, 1.82) is 0 Å². The molecule has 3 nitrogen and oxygen atoms in total. The van der Waals surface area contributed by atoms with E-state index in [4.69, 9.17) is 4.74 Å². The van der Waals surface area contributed by atoms with Crippen LogP contribution < -0.4 is 0 Å². The Hall–Kier alpha value is -1.64. The van der Waals surface area contributed by atoms with E-state index in [2.05, 4.69) is 6.29 Å². The van der Waals surface area contributed by atoms with Crippen molar-refractivity contribution in [2.24, 2.45) is 23.7 Å². The van der Waals surface area contributed by atoms with Crippen molar-refractivity contribution in [2.45, 2.75) is 39.7 Å². The Labute approximate surface area is 126 Å². The zero-order valence-electron chi connectivity index (χ0n) is 12.9. The molecule has 113 valence electrons. The van der Waals surface area contributed by atoms with Crippen LogP contribution in [0.15, 0.2) is 30.3 Å². The number of ether oxygens (including phenoxy) is 1. The Morgan fingerprint density at radius 1 is 1.19 bits per heavy atom. The van der Waals surface area contributed by atoms with E-state index >= 15 is 0 Å². The molecule has 0 amide bonds. The minimum atomic E-state index is -0.364. The van der Waals surface area contributed by atoms with Gasteiger partial charge in [-0.15, -0.1) is 0 Å². The third kappa shape index (κ3) is 3.52. The maximum atomic E-state index is 12.5. The van der Waals surface area contributed by atoms with Crippen LogP contribution in [0.1, 0.15) is 45.3 Å². The first-order chi connectivity index (χ1) is 10.0. The third-order valence-corrected chi connectivity index (χ3v) is 4.66. The van der Waals surface area contributed by atoms with E-state index < -0.39 is 0 Å². The van der Waals surface area contributed by atoms with Gasteiger partial charge in [0.2, 0.25) is 6.29 Å². The number of benzene rings is 1. The van der Waals surface area contributed by atoms with Gasteiger partial charge in [0.05, 0.1) is 5.92 Å². The molecular formula is C18H23O3. The van der Waals surface area contributed by atoms with Crippen molar-refractivity contribution in [1.82, 2.24) is 0 Å². The summed E-state index contributed by atoms with van der Waals surface area (Å²) in [7, 11) is 0. The lowest BCUT2D eigenvalue weighted by molar-refractivity contribution is -0.159. The zero-order chi connectivity index (χ0) is 15.4. The van der Waals surface area contributed by atoms with Crippen LogP contribution >= 0.6 is 0 Å². The van der Waals surface area contributed by atoms with Crippen molar-refractivity contribution in [3.05, 3.63) is 35.9 Å². The van der Waals surface area contributed by atoms with Crippen LogP contribution in [0.3, 0.4) is 0 Å². The van der Waals surface area contributed by atoms with E-state index in [0.717, 1.165) is 18.4 Å². The van der Waals surface area contributed by atoms with Crippen LogP contribution in [0.5, 0.6) is 0 Å². The first-order valence-electron chi connectivity index (χ1n) is 7.67. The molecule has 0 saturated heterocycles. The summed E-state index contributed by atoms with van der Waals surface area (Å²) in [5.74, 6) is -0.605. The van der Waals surface area contributed by atoms with Crippen molar-refractivity contribution in [3.8, 4) is 0 Å². The van der Waals surface area contributed by atoms with Gasteiger partial charge >= 0.3 is 5.97 Å². The summed E-state index contributed by atoms with van der Waals surface area (Å²) in [6, 6.07) is 9.66. The standard InChI is InChI=1S/C18H23O3/c1-12-9-10-13(2)17(16(12)11-19)18(20)21-14(3)15-7-5-4-6-8-15/h4-8,12-14,16-17H,9-10H2,1-3H3. The van der Waals surface area contributed by atoms with E-state index in [0.29, 0.717) is 0 Å². The fourth-order valence-electron chi connectivity index (χ4n) is 3.21. The van der Waals surface area contributed by atoms with Crippen molar-refractivity contribution in [2.75, 3.05) is 0 Å². The van der Waals surface area contributed by atoms with Gasteiger partial charge in [0.1, 0.15) is 6.10 Å². The SMILES string of the molecule is CC(OC(=O)C1C(C)CCC(C)C1[C]=O)c1ccccc1. The quantitative estimate of drug-likeness (QED) is 0.793. The molecule has 1 saturated carbocycles. The van der Waals surface area contributed by atoms with Gasteiger partial charge < -0.3 is 4.74 Å². The monoisotopic (exact) mass is 287 g/mol. The Kier molecular flexibility index (Phi) is 5.16. The molecule has 5 atom stereocenters. The number of hydrogen-bond donors (Lipinski definition) is 0. The van der Waals surface area contributed by atoms with Crippen LogP contribution in [-0.4, -0.2) is 12.3 Å². The molecule has 5 unspecified atom stereocenters. The highest BCUT2D eigenvalue weighted by Gasteiger charge is 2.41. The Bertz CT molecular complexity index is 482. The molecule has 21 heavy (non-hydrogen) atoms. The molecule has 1 aromatic rings. The van der Waals surface area contributed by atoms with Crippen molar-refractivity contribution < 1.29 is 14.3 Å². The number of hydrogen-bond acceptors (Lipinski definition) is 3. The van der Waals surface area contributed by atoms with Gasteiger partial charge in [-0.2, -0.15) is 0 Å². The molecule has 1 radical (unpaired) electrons. The smallest absolute Gasteiger partial charge is 0.310 e. The second-order valence-corrected chi connectivity index (χ2v) is 6.19. The number of carbonyl (C=O) groups is 1. The predicted octanol–water partition coefficient (Wildman–Crippen LogP) is 3.70. The van der Waals surface area contributed by atoms with Crippen LogP contribution in [0.4, 0.5) is 0 Å². The summed E-state index contributed by atoms with van der Waals surface area (Å²) in [5.41, 5.74) is 0.967. The van der Waals surface area contributed by atoms with Crippen molar-refractivity contribution in [3.63, 3.8) is 0 Å². The van der Waals surface area contributed by atoms with Gasteiger partial charge in [0.15, 0.2) is 0 Å². The predicted molar refractivity (Wildman–Crippen MR) is 81.2 cm³/mol. The second kappa shape index (κ2) is 6.88. The zero-order valence-corrected chi connectivity index (χ0v) is 12.9. The van der Waals surface area contributed by atoms with E-state index in [9.17, 15) is 9.59 Å². The van der Waals surface area contributed by atoms with E-state index in [1.807, 2.05) is 51.1 Å². The van der Waals surface area contributed by atoms with Crippen LogP contribution in [-0.2, 0) is 14.3 Å². The lowest BCUT2D eigenvalue weighted by Crippen LogP contribution is -2.39. The summed E-state index contributed by atoms with van der Waals surface area (Å²) in [6.45, 7) is 5.90. The summed E-state index contributed by atoms with van der Waals surface area (Å²) >= 11 is 0. The van der Waals surface area contributed by atoms with Gasteiger partial charge in [-0.25, -0.2) is 0 Å². The van der Waals surface area contributed by atoms with E-state index in [1.54, 1.807) is 0 Å². The molecule has 1 aliphatic rings. The van der Waals surface area contributed by atoms with Gasteiger partial charge in [-0.3, -0.25) is 9.59 Å². The maximum Gasteiger partial charge on any atom is 0.310 e. The molecule has 0 aliphatic heterocycles. The summed E-state index contributed by atoms with van der Waals surface area (Å²) in [5, 5.41) is 0. The average molecular weight is 287 g/mol. The van der Waals surface area contributed by atoms with Crippen LogP contribution in [0.2, 0.25) is 0 Å². The lowest BCUT2D eigenvalue weighted by atomic mass is 9.68. The van der Waals surface area contributed by atoms with Crippen LogP contribution in [0, 0.1) is 23.7 Å². The molecule has 0 heterocycles. The highest BCUT2D eigenvalue weighted by Crippen LogP contribution is 2.39. The molecule has 3 heteroatoms. The van der Waals surface area contributed by atoms with Gasteiger partial charge in [-0.05, 0) is 37.2 Å². The minimum Gasteiger partial charge on any atom is -0.458 e. The molecule has 0 aromatic heterocycles. The van der Waals surface area contributed by atoms with Gasteiger partial charge in [0.25, 0.3) is 0 Å². The highest BCUT2D eigenvalue weighted by atomic mass is 16.5. The van der Waals surface area contributed by atoms with Crippen molar-refractivity contribution >= 4 is 12.3 Å². The number of esters is 1. The molecule has 1 aromatic carbocycles. The van der Waals surface area contributed by atoms with Gasteiger partial charge in [0, 0.05) is 5.92 Å². The molecule has 2 rings (SSSR count).